The zero-order chi connectivity index (χ0) is 15.8. The maximum atomic E-state index is 6.08. The summed E-state index contributed by atoms with van der Waals surface area (Å²) < 4.78 is 5.77. The first-order chi connectivity index (χ1) is 10.0. The number of hydrogen-bond donors (Lipinski definition) is 1. The third-order valence-electron chi connectivity index (χ3n) is 3.66. The van der Waals surface area contributed by atoms with Crippen molar-refractivity contribution in [3.8, 4) is 5.75 Å². The maximum absolute atomic E-state index is 6.08. The van der Waals surface area contributed by atoms with Gasteiger partial charge in [-0.05, 0) is 31.2 Å². The predicted molar refractivity (Wildman–Crippen MR) is 93.2 cm³/mol. The zero-order valence-electron chi connectivity index (χ0n) is 14.4. The van der Waals surface area contributed by atoms with Crippen LogP contribution in [0.4, 0.5) is 11.4 Å². The van der Waals surface area contributed by atoms with E-state index in [1.807, 2.05) is 6.07 Å². The Balaban J connectivity index is 3.07. The van der Waals surface area contributed by atoms with Crippen molar-refractivity contribution in [2.24, 2.45) is 5.92 Å². The number of rotatable bonds is 9. The van der Waals surface area contributed by atoms with Gasteiger partial charge >= 0.3 is 0 Å². The van der Waals surface area contributed by atoms with E-state index in [-0.39, 0.29) is 0 Å². The third kappa shape index (κ3) is 5.49. The van der Waals surface area contributed by atoms with Gasteiger partial charge in [0.2, 0.25) is 0 Å². The molecule has 0 saturated carbocycles. The SMILES string of the molecule is CCCOc1cc(N)cc(N(CC(C)C)C(CC)CC)c1. The molecule has 0 fully saturated rings. The Hall–Kier alpha value is -1.38. The van der Waals surface area contributed by atoms with Gasteiger partial charge in [0.05, 0.1) is 6.61 Å². The van der Waals surface area contributed by atoms with E-state index >= 15 is 0 Å². The van der Waals surface area contributed by atoms with Crippen molar-refractivity contribution in [3.63, 3.8) is 0 Å². The summed E-state index contributed by atoms with van der Waals surface area (Å²) in [6.45, 7) is 12.9. The lowest BCUT2D eigenvalue weighted by molar-refractivity contribution is 0.317. The summed E-state index contributed by atoms with van der Waals surface area (Å²) >= 11 is 0. The number of nitrogens with zero attached hydrogens (tertiary/aromatic N) is 1. The number of hydrogen-bond acceptors (Lipinski definition) is 3. The van der Waals surface area contributed by atoms with Crippen molar-refractivity contribution < 1.29 is 4.74 Å². The van der Waals surface area contributed by atoms with Crippen molar-refractivity contribution in [1.29, 1.82) is 0 Å². The largest absolute Gasteiger partial charge is 0.493 e. The fraction of sp³-hybridized carbons (Fsp3) is 0.667. The lowest BCUT2D eigenvalue weighted by Gasteiger charge is -2.34. The Morgan fingerprint density at radius 1 is 1.10 bits per heavy atom. The number of ether oxygens (including phenoxy) is 1. The van der Waals surface area contributed by atoms with Gasteiger partial charge < -0.3 is 15.4 Å². The molecule has 1 rings (SSSR count). The van der Waals surface area contributed by atoms with E-state index < -0.39 is 0 Å². The van der Waals surface area contributed by atoms with Crippen LogP contribution in [0.25, 0.3) is 0 Å². The highest BCUT2D eigenvalue weighted by molar-refractivity contribution is 5.61. The molecule has 0 spiro atoms. The first kappa shape index (κ1) is 17.7. The van der Waals surface area contributed by atoms with Crippen LogP contribution in [0.1, 0.15) is 53.9 Å². The van der Waals surface area contributed by atoms with Gasteiger partial charge in [-0.3, -0.25) is 0 Å². The van der Waals surface area contributed by atoms with Crippen LogP contribution in [-0.2, 0) is 0 Å². The van der Waals surface area contributed by atoms with Crippen molar-refractivity contribution >= 4 is 11.4 Å². The molecule has 0 atom stereocenters. The molecule has 0 aliphatic heterocycles. The lowest BCUT2D eigenvalue weighted by atomic mass is 10.1. The van der Waals surface area contributed by atoms with Gasteiger partial charge in [0.25, 0.3) is 0 Å². The molecule has 1 aromatic rings. The third-order valence-corrected chi connectivity index (χ3v) is 3.66. The molecule has 0 saturated heterocycles. The second-order valence-corrected chi connectivity index (χ2v) is 6.13. The van der Waals surface area contributed by atoms with Crippen LogP contribution in [0, 0.1) is 5.92 Å². The van der Waals surface area contributed by atoms with Gasteiger partial charge in [0, 0.05) is 36.1 Å². The van der Waals surface area contributed by atoms with E-state index in [0.717, 1.165) is 43.9 Å². The van der Waals surface area contributed by atoms with E-state index in [2.05, 4.69) is 51.7 Å². The summed E-state index contributed by atoms with van der Waals surface area (Å²) in [7, 11) is 0. The second kappa shape index (κ2) is 8.81. The van der Waals surface area contributed by atoms with E-state index in [9.17, 15) is 0 Å². The molecule has 0 heterocycles. The Kier molecular flexibility index (Phi) is 7.41. The fourth-order valence-electron chi connectivity index (χ4n) is 2.66. The smallest absolute Gasteiger partial charge is 0.123 e. The van der Waals surface area contributed by atoms with Crippen LogP contribution >= 0.6 is 0 Å². The molecule has 0 aliphatic carbocycles. The molecule has 0 bridgehead atoms. The number of nitrogen functional groups attached to an aromatic ring is 1. The van der Waals surface area contributed by atoms with Gasteiger partial charge in [-0.1, -0.05) is 34.6 Å². The van der Waals surface area contributed by atoms with Crippen molar-refractivity contribution in [2.75, 3.05) is 23.8 Å². The van der Waals surface area contributed by atoms with Crippen molar-refractivity contribution in [1.82, 2.24) is 0 Å². The van der Waals surface area contributed by atoms with E-state index in [1.165, 1.54) is 5.69 Å². The van der Waals surface area contributed by atoms with Gasteiger partial charge in [-0.25, -0.2) is 0 Å². The number of anilines is 2. The molecule has 3 heteroatoms. The van der Waals surface area contributed by atoms with E-state index in [0.29, 0.717) is 12.0 Å². The summed E-state index contributed by atoms with van der Waals surface area (Å²) in [5, 5.41) is 0. The van der Waals surface area contributed by atoms with Crippen molar-refractivity contribution in [3.05, 3.63) is 18.2 Å². The molecular weight excluding hydrogens is 260 g/mol. The van der Waals surface area contributed by atoms with Gasteiger partial charge in [-0.15, -0.1) is 0 Å². The first-order valence-electron chi connectivity index (χ1n) is 8.31. The highest BCUT2D eigenvalue weighted by Gasteiger charge is 2.18. The number of benzene rings is 1. The zero-order valence-corrected chi connectivity index (χ0v) is 14.4. The van der Waals surface area contributed by atoms with Crippen LogP contribution in [0.2, 0.25) is 0 Å². The van der Waals surface area contributed by atoms with Crippen LogP contribution in [0.3, 0.4) is 0 Å². The molecule has 3 nitrogen and oxygen atoms in total. The molecule has 0 radical (unpaired) electrons. The molecular formula is C18H32N2O. The summed E-state index contributed by atoms with van der Waals surface area (Å²) in [5.74, 6) is 1.50. The minimum Gasteiger partial charge on any atom is -0.493 e. The average molecular weight is 292 g/mol. The summed E-state index contributed by atoms with van der Waals surface area (Å²) in [4.78, 5) is 2.49. The quantitative estimate of drug-likeness (QED) is 0.670. The first-order valence-corrected chi connectivity index (χ1v) is 8.31. The molecule has 120 valence electrons. The Morgan fingerprint density at radius 3 is 2.29 bits per heavy atom. The van der Waals surface area contributed by atoms with Crippen LogP contribution < -0.4 is 15.4 Å². The van der Waals surface area contributed by atoms with E-state index in [4.69, 9.17) is 10.5 Å². The van der Waals surface area contributed by atoms with Gasteiger partial charge in [-0.2, -0.15) is 0 Å². The topological polar surface area (TPSA) is 38.5 Å². The standard InChI is InChI=1S/C18H32N2O/c1-6-9-21-18-11-15(19)10-17(12-18)20(13-14(4)5)16(7-2)8-3/h10-12,14,16H,6-9,13,19H2,1-5H3. The van der Waals surface area contributed by atoms with Crippen LogP contribution in [-0.4, -0.2) is 19.2 Å². The Morgan fingerprint density at radius 2 is 1.76 bits per heavy atom. The van der Waals surface area contributed by atoms with Crippen LogP contribution in [0.5, 0.6) is 5.75 Å². The molecule has 21 heavy (non-hydrogen) atoms. The summed E-state index contributed by atoms with van der Waals surface area (Å²) in [6, 6.07) is 6.67. The molecule has 0 aromatic heterocycles. The second-order valence-electron chi connectivity index (χ2n) is 6.13. The monoisotopic (exact) mass is 292 g/mol. The molecule has 2 N–H and O–H groups in total. The molecule has 0 unspecified atom stereocenters. The molecule has 0 aliphatic rings. The lowest BCUT2D eigenvalue weighted by Crippen LogP contribution is -2.37. The average Bonchev–Trinajstić information content (AvgIpc) is 2.44. The molecule has 1 aromatic carbocycles. The Bertz CT molecular complexity index is 414. The summed E-state index contributed by atoms with van der Waals surface area (Å²) in [5.41, 5.74) is 8.04. The Labute approximate surface area is 130 Å². The molecule has 0 amide bonds. The minimum atomic E-state index is 0.549. The van der Waals surface area contributed by atoms with E-state index in [1.54, 1.807) is 0 Å². The summed E-state index contributed by atoms with van der Waals surface area (Å²) in [6.07, 6.45) is 3.29. The highest BCUT2D eigenvalue weighted by atomic mass is 16.5. The minimum absolute atomic E-state index is 0.549. The highest BCUT2D eigenvalue weighted by Crippen LogP contribution is 2.29. The normalized spacial score (nSPS) is 11.2. The number of nitrogens with two attached hydrogens (primary N) is 1. The van der Waals surface area contributed by atoms with Gasteiger partial charge in [0.15, 0.2) is 0 Å². The van der Waals surface area contributed by atoms with Crippen molar-refractivity contribution in [2.45, 2.75) is 59.9 Å². The van der Waals surface area contributed by atoms with Gasteiger partial charge in [0.1, 0.15) is 5.75 Å². The fourth-order valence-corrected chi connectivity index (χ4v) is 2.66. The maximum Gasteiger partial charge on any atom is 0.123 e. The predicted octanol–water partition coefficient (Wildman–Crippen LogP) is 4.71. The van der Waals surface area contributed by atoms with Crippen LogP contribution in [0.15, 0.2) is 18.2 Å².